The molecule has 2 aliphatic rings. The van der Waals surface area contributed by atoms with Crippen LogP contribution in [0.4, 0.5) is 5.00 Å². The SMILES string of the molecule is O=C(c1csc([N+](=O)[O-])c1)N(CC1CCCO1)C1CCSC1. The molecule has 2 unspecified atom stereocenters. The second-order valence-corrected chi connectivity index (χ2v) is 7.58. The minimum atomic E-state index is -0.447. The van der Waals surface area contributed by atoms with Crippen LogP contribution in [0.15, 0.2) is 11.4 Å². The average Bonchev–Trinajstić information content (AvgIpc) is 3.24. The lowest BCUT2D eigenvalue weighted by atomic mass is 10.1. The van der Waals surface area contributed by atoms with Gasteiger partial charge in [-0.3, -0.25) is 14.9 Å². The van der Waals surface area contributed by atoms with Crippen molar-refractivity contribution < 1.29 is 14.5 Å². The molecule has 0 N–H and O–H groups in total. The zero-order chi connectivity index (χ0) is 15.5. The third-order valence-electron chi connectivity index (χ3n) is 4.04. The van der Waals surface area contributed by atoms with Crippen LogP contribution >= 0.6 is 23.1 Å². The highest BCUT2D eigenvalue weighted by atomic mass is 32.2. The van der Waals surface area contributed by atoms with Crippen LogP contribution < -0.4 is 0 Å². The van der Waals surface area contributed by atoms with Gasteiger partial charge in [0.25, 0.3) is 5.91 Å². The summed E-state index contributed by atoms with van der Waals surface area (Å²) in [6.07, 6.45) is 3.10. The molecule has 8 heteroatoms. The van der Waals surface area contributed by atoms with Crippen LogP contribution in [0.3, 0.4) is 0 Å². The van der Waals surface area contributed by atoms with E-state index >= 15 is 0 Å². The fourth-order valence-electron chi connectivity index (χ4n) is 2.87. The Bertz CT molecular complexity index is 551. The molecule has 2 fully saturated rings. The van der Waals surface area contributed by atoms with Crippen molar-refractivity contribution in [2.45, 2.75) is 31.4 Å². The van der Waals surface area contributed by atoms with Gasteiger partial charge in [-0.05, 0) is 25.0 Å². The van der Waals surface area contributed by atoms with Gasteiger partial charge in [0.2, 0.25) is 0 Å². The van der Waals surface area contributed by atoms with Crippen LogP contribution in [-0.2, 0) is 4.74 Å². The van der Waals surface area contributed by atoms with Gasteiger partial charge < -0.3 is 9.64 Å². The Labute approximate surface area is 137 Å². The Morgan fingerprint density at radius 2 is 2.36 bits per heavy atom. The molecule has 2 aliphatic heterocycles. The quantitative estimate of drug-likeness (QED) is 0.608. The van der Waals surface area contributed by atoms with Crippen molar-refractivity contribution in [3.63, 3.8) is 0 Å². The molecule has 120 valence electrons. The fourth-order valence-corrected chi connectivity index (χ4v) is 4.79. The van der Waals surface area contributed by atoms with Gasteiger partial charge in [-0.1, -0.05) is 11.3 Å². The maximum Gasteiger partial charge on any atom is 0.324 e. The molecule has 0 aromatic carbocycles. The average molecular weight is 342 g/mol. The summed E-state index contributed by atoms with van der Waals surface area (Å²) >= 11 is 2.86. The number of nitro groups is 1. The summed E-state index contributed by atoms with van der Waals surface area (Å²) in [5.74, 6) is 1.89. The van der Waals surface area contributed by atoms with Gasteiger partial charge in [0.1, 0.15) is 0 Å². The Morgan fingerprint density at radius 1 is 1.50 bits per heavy atom. The largest absolute Gasteiger partial charge is 0.376 e. The van der Waals surface area contributed by atoms with Crippen molar-refractivity contribution in [2.24, 2.45) is 0 Å². The Hall–Kier alpha value is -1.12. The molecule has 22 heavy (non-hydrogen) atoms. The van der Waals surface area contributed by atoms with Gasteiger partial charge >= 0.3 is 5.00 Å². The number of hydrogen-bond acceptors (Lipinski definition) is 6. The molecular weight excluding hydrogens is 324 g/mol. The highest BCUT2D eigenvalue weighted by Crippen LogP contribution is 2.28. The molecule has 3 heterocycles. The molecule has 1 aromatic heterocycles. The van der Waals surface area contributed by atoms with Crippen molar-refractivity contribution in [1.29, 1.82) is 0 Å². The number of carbonyl (C=O) groups is 1. The minimum Gasteiger partial charge on any atom is -0.376 e. The number of ether oxygens (including phenoxy) is 1. The second-order valence-electron chi connectivity index (χ2n) is 5.54. The summed E-state index contributed by atoms with van der Waals surface area (Å²) < 4.78 is 5.67. The van der Waals surface area contributed by atoms with E-state index in [-0.39, 0.29) is 23.1 Å². The Kier molecular flexibility index (Phi) is 5.00. The van der Waals surface area contributed by atoms with E-state index in [2.05, 4.69) is 0 Å². The van der Waals surface area contributed by atoms with E-state index in [1.54, 1.807) is 5.38 Å². The summed E-state index contributed by atoms with van der Waals surface area (Å²) in [5, 5.41) is 12.4. The second kappa shape index (κ2) is 6.97. The van der Waals surface area contributed by atoms with Crippen molar-refractivity contribution in [3.05, 3.63) is 27.1 Å². The lowest BCUT2D eigenvalue weighted by Gasteiger charge is -2.30. The highest BCUT2D eigenvalue weighted by Gasteiger charge is 2.32. The van der Waals surface area contributed by atoms with E-state index in [1.165, 1.54) is 6.07 Å². The number of amides is 1. The highest BCUT2D eigenvalue weighted by molar-refractivity contribution is 7.99. The smallest absolute Gasteiger partial charge is 0.324 e. The van der Waals surface area contributed by atoms with Gasteiger partial charge in [0.05, 0.1) is 16.6 Å². The van der Waals surface area contributed by atoms with Gasteiger partial charge in [-0.15, -0.1) is 0 Å². The number of rotatable bonds is 5. The third kappa shape index (κ3) is 3.44. The van der Waals surface area contributed by atoms with Crippen LogP contribution in [0.25, 0.3) is 0 Å². The molecule has 0 bridgehead atoms. The first-order valence-corrected chi connectivity index (χ1v) is 9.42. The van der Waals surface area contributed by atoms with Crippen LogP contribution in [0.1, 0.15) is 29.6 Å². The number of nitrogens with zero attached hydrogens (tertiary/aromatic N) is 2. The number of carbonyl (C=O) groups excluding carboxylic acids is 1. The molecule has 6 nitrogen and oxygen atoms in total. The molecule has 2 atom stereocenters. The summed E-state index contributed by atoms with van der Waals surface area (Å²) in [7, 11) is 0. The maximum absolute atomic E-state index is 12.8. The first-order chi connectivity index (χ1) is 10.6. The van der Waals surface area contributed by atoms with Gasteiger partial charge in [0.15, 0.2) is 0 Å². The van der Waals surface area contributed by atoms with Crippen molar-refractivity contribution >= 4 is 34.0 Å². The van der Waals surface area contributed by atoms with E-state index in [9.17, 15) is 14.9 Å². The summed E-state index contributed by atoms with van der Waals surface area (Å²) in [6.45, 7) is 1.35. The van der Waals surface area contributed by atoms with Gasteiger partial charge in [0, 0.05) is 36.4 Å². The van der Waals surface area contributed by atoms with Crippen molar-refractivity contribution in [2.75, 3.05) is 24.7 Å². The lowest BCUT2D eigenvalue weighted by molar-refractivity contribution is -0.380. The molecular formula is C14H18N2O4S2. The Balaban J connectivity index is 1.76. The number of thioether (sulfide) groups is 1. The Morgan fingerprint density at radius 3 is 2.95 bits per heavy atom. The third-order valence-corrected chi connectivity index (χ3v) is 6.07. The van der Waals surface area contributed by atoms with E-state index in [1.807, 2.05) is 16.7 Å². The monoisotopic (exact) mass is 342 g/mol. The standard InChI is InChI=1S/C14H18N2O4S2/c17-14(10-6-13(16(18)19)22-8-10)15(11-3-5-21-9-11)7-12-2-1-4-20-12/h6,8,11-12H,1-5,7,9H2. The van der Waals surface area contributed by atoms with Crippen LogP contribution in [0.2, 0.25) is 0 Å². The van der Waals surface area contributed by atoms with Crippen molar-refractivity contribution in [1.82, 2.24) is 4.90 Å². The predicted molar refractivity (Wildman–Crippen MR) is 86.7 cm³/mol. The zero-order valence-electron chi connectivity index (χ0n) is 12.1. The van der Waals surface area contributed by atoms with Crippen LogP contribution in [0, 0.1) is 10.1 Å². The zero-order valence-corrected chi connectivity index (χ0v) is 13.7. The molecule has 0 aliphatic carbocycles. The topological polar surface area (TPSA) is 72.7 Å². The van der Waals surface area contributed by atoms with E-state index in [0.717, 1.165) is 48.7 Å². The molecule has 0 spiro atoms. The van der Waals surface area contributed by atoms with Crippen molar-refractivity contribution in [3.8, 4) is 0 Å². The van der Waals surface area contributed by atoms with Gasteiger partial charge in [-0.25, -0.2) is 0 Å². The lowest BCUT2D eigenvalue weighted by Crippen LogP contribution is -2.44. The van der Waals surface area contributed by atoms with E-state index < -0.39 is 4.92 Å². The number of thiophene rings is 1. The molecule has 1 aromatic rings. The molecule has 2 saturated heterocycles. The molecule has 0 radical (unpaired) electrons. The van der Waals surface area contributed by atoms with Crippen LogP contribution in [0.5, 0.6) is 0 Å². The normalized spacial score (nSPS) is 24.5. The van der Waals surface area contributed by atoms with Crippen LogP contribution in [-0.4, -0.2) is 52.5 Å². The van der Waals surface area contributed by atoms with E-state index in [4.69, 9.17) is 4.74 Å². The summed E-state index contributed by atoms with van der Waals surface area (Å²) in [5.41, 5.74) is 0.423. The predicted octanol–water partition coefficient (Wildman–Crippen LogP) is 2.78. The summed E-state index contributed by atoms with van der Waals surface area (Å²) in [4.78, 5) is 25.0. The fraction of sp³-hybridized carbons (Fsp3) is 0.643. The molecule has 3 rings (SSSR count). The first kappa shape index (κ1) is 15.8. The van der Waals surface area contributed by atoms with Gasteiger partial charge in [-0.2, -0.15) is 11.8 Å². The molecule has 0 saturated carbocycles. The van der Waals surface area contributed by atoms with E-state index in [0.29, 0.717) is 12.1 Å². The maximum atomic E-state index is 12.8. The molecule has 1 amide bonds. The minimum absolute atomic E-state index is 0.0150. The first-order valence-electron chi connectivity index (χ1n) is 7.38. The number of hydrogen-bond donors (Lipinski definition) is 0. The summed E-state index contributed by atoms with van der Waals surface area (Å²) in [6, 6.07) is 1.60.